The van der Waals surface area contributed by atoms with E-state index in [9.17, 15) is 14.7 Å². The van der Waals surface area contributed by atoms with Crippen LogP contribution >= 0.6 is 0 Å². The van der Waals surface area contributed by atoms with Crippen molar-refractivity contribution in [1.29, 1.82) is 0 Å². The van der Waals surface area contributed by atoms with E-state index < -0.39 is 17.7 Å². The largest absolute Gasteiger partial charge is 0.507 e. The summed E-state index contributed by atoms with van der Waals surface area (Å²) in [6.45, 7) is 4.89. The van der Waals surface area contributed by atoms with Gasteiger partial charge in [-0.2, -0.15) is 0 Å². The molecule has 180 valence electrons. The maximum Gasteiger partial charge on any atom is 0.295 e. The minimum absolute atomic E-state index is 0.0797. The van der Waals surface area contributed by atoms with Gasteiger partial charge in [0.05, 0.1) is 18.2 Å². The quantitative estimate of drug-likeness (QED) is 0.191. The molecule has 6 heteroatoms. The highest BCUT2D eigenvalue weighted by Gasteiger charge is 2.46. The number of Topliss-reactive ketones (excluding diaryl/α,β-unsaturated/α-hetero) is 1. The molecular formula is C29H30N2O4. The van der Waals surface area contributed by atoms with Gasteiger partial charge in [0.1, 0.15) is 11.5 Å². The monoisotopic (exact) mass is 470 g/mol. The summed E-state index contributed by atoms with van der Waals surface area (Å²) in [5.41, 5.74) is 3.16. The third-order valence-electron chi connectivity index (χ3n) is 6.16. The number of pyridine rings is 1. The van der Waals surface area contributed by atoms with E-state index in [1.54, 1.807) is 24.5 Å². The van der Waals surface area contributed by atoms with Crippen LogP contribution in [0.25, 0.3) is 5.76 Å². The molecule has 1 aliphatic rings. The highest BCUT2D eigenvalue weighted by Crippen LogP contribution is 2.41. The molecule has 3 aromatic rings. The number of aromatic nitrogens is 1. The van der Waals surface area contributed by atoms with Gasteiger partial charge in [-0.05, 0) is 48.7 Å². The van der Waals surface area contributed by atoms with Crippen molar-refractivity contribution in [3.8, 4) is 5.75 Å². The Bertz CT molecular complexity index is 1220. The summed E-state index contributed by atoms with van der Waals surface area (Å²) in [5, 5.41) is 11.2. The Hall–Kier alpha value is -3.93. The van der Waals surface area contributed by atoms with Crippen LogP contribution in [0, 0.1) is 6.92 Å². The third kappa shape index (κ3) is 5.43. The minimum atomic E-state index is -0.747. The van der Waals surface area contributed by atoms with Crippen molar-refractivity contribution in [3.63, 3.8) is 0 Å². The number of aliphatic hydroxyl groups excluding tert-OH is 1. The molecule has 0 spiro atoms. The highest BCUT2D eigenvalue weighted by molar-refractivity contribution is 6.46. The lowest BCUT2D eigenvalue weighted by atomic mass is 9.94. The number of hydrogen-bond acceptors (Lipinski definition) is 5. The van der Waals surface area contributed by atoms with Gasteiger partial charge in [0.2, 0.25) is 0 Å². The lowest BCUT2D eigenvalue weighted by Crippen LogP contribution is -2.29. The fourth-order valence-electron chi connectivity index (χ4n) is 4.26. The number of ketones is 1. The van der Waals surface area contributed by atoms with Gasteiger partial charge in [-0.25, -0.2) is 0 Å². The Morgan fingerprint density at radius 2 is 1.77 bits per heavy atom. The number of hydrogen-bond donors (Lipinski definition) is 1. The molecule has 0 aliphatic carbocycles. The van der Waals surface area contributed by atoms with E-state index in [4.69, 9.17) is 4.74 Å². The van der Waals surface area contributed by atoms with Crippen LogP contribution in [0.2, 0.25) is 0 Å². The number of carbonyl (C=O) groups is 2. The van der Waals surface area contributed by atoms with E-state index in [1.807, 2.05) is 55.5 Å². The Balaban J connectivity index is 1.77. The maximum absolute atomic E-state index is 13.2. The van der Waals surface area contributed by atoms with E-state index in [1.165, 1.54) is 4.90 Å². The second-order valence-corrected chi connectivity index (χ2v) is 8.78. The van der Waals surface area contributed by atoms with Gasteiger partial charge in [0.15, 0.2) is 0 Å². The fraction of sp³-hybridized carbons (Fsp3) is 0.276. The van der Waals surface area contributed by atoms with E-state index in [2.05, 4.69) is 11.9 Å². The number of nitrogens with zero attached hydrogens (tertiary/aromatic N) is 2. The molecule has 0 saturated carbocycles. The average molecular weight is 471 g/mol. The Morgan fingerprint density at radius 3 is 2.49 bits per heavy atom. The number of rotatable bonds is 9. The van der Waals surface area contributed by atoms with Crippen LogP contribution in [0.3, 0.4) is 0 Å². The SMILES string of the molecule is CCCCCOc1cccc(C2C(=C(O)c3ccc(C)cc3)C(=O)C(=O)N2Cc2ccncc2)c1. The minimum Gasteiger partial charge on any atom is -0.507 e. The predicted molar refractivity (Wildman–Crippen MR) is 135 cm³/mol. The number of benzene rings is 2. The van der Waals surface area contributed by atoms with Gasteiger partial charge < -0.3 is 14.7 Å². The molecule has 1 fully saturated rings. The van der Waals surface area contributed by atoms with Crippen molar-refractivity contribution in [2.45, 2.75) is 45.7 Å². The molecule has 1 amide bonds. The van der Waals surface area contributed by atoms with Crippen LogP contribution < -0.4 is 4.74 Å². The zero-order valence-electron chi connectivity index (χ0n) is 20.1. The molecule has 1 aromatic heterocycles. The topological polar surface area (TPSA) is 79.7 Å². The summed E-state index contributed by atoms with van der Waals surface area (Å²) in [6.07, 6.45) is 6.44. The van der Waals surface area contributed by atoms with Crippen LogP contribution in [-0.2, 0) is 16.1 Å². The van der Waals surface area contributed by atoms with Gasteiger partial charge in [-0.3, -0.25) is 14.6 Å². The van der Waals surface area contributed by atoms with Crippen molar-refractivity contribution < 1.29 is 19.4 Å². The molecule has 4 rings (SSSR count). The average Bonchev–Trinajstić information content (AvgIpc) is 3.12. The molecule has 1 N–H and O–H groups in total. The molecular weight excluding hydrogens is 440 g/mol. The van der Waals surface area contributed by atoms with Gasteiger partial charge in [0.25, 0.3) is 11.7 Å². The standard InChI is InChI=1S/C29H30N2O4/c1-3-4-5-17-35-24-8-6-7-23(18-24)26-25(27(32)22-11-9-20(2)10-12-22)28(33)29(34)31(26)19-21-13-15-30-16-14-21/h6-16,18,26,32H,3-5,17,19H2,1-2H3. The summed E-state index contributed by atoms with van der Waals surface area (Å²) in [4.78, 5) is 32.0. The first kappa shape index (κ1) is 24.2. The second-order valence-electron chi connectivity index (χ2n) is 8.78. The van der Waals surface area contributed by atoms with Gasteiger partial charge in [-0.15, -0.1) is 0 Å². The highest BCUT2D eigenvalue weighted by atomic mass is 16.5. The molecule has 1 saturated heterocycles. The van der Waals surface area contributed by atoms with Crippen molar-refractivity contribution in [2.75, 3.05) is 6.61 Å². The Labute approximate surface area is 205 Å². The van der Waals surface area contributed by atoms with Crippen LogP contribution in [-0.4, -0.2) is 33.3 Å². The third-order valence-corrected chi connectivity index (χ3v) is 6.16. The van der Waals surface area contributed by atoms with Crippen LogP contribution in [0.15, 0.2) is 78.6 Å². The lowest BCUT2D eigenvalue weighted by Gasteiger charge is -2.26. The van der Waals surface area contributed by atoms with E-state index in [0.717, 1.165) is 30.4 Å². The number of aliphatic hydroxyl groups is 1. The molecule has 2 aromatic carbocycles. The molecule has 35 heavy (non-hydrogen) atoms. The summed E-state index contributed by atoms with van der Waals surface area (Å²) >= 11 is 0. The Morgan fingerprint density at radius 1 is 1.03 bits per heavy atom. The van der Waals surface area contributed by atoms with Crippen molar-refractivity contribution >= 4 is 17.4 Å². The zero-order valence-corrected chi connectivity index (χ0v) is 20.1. The predicted octanol–water partition coefficient (Wildman–Crippen LogP) is 5.58. The summed E-state index contributed by atoms with van der Waals surface area (Å²) in [7, 11) is 0. The zero-order chi connectivity index (χ0) is 24.8. The van der Waals surface area contributed by atoms with E-state index in [0.29, 0.717) is 23.5 Å². The van der Waals surface area contributed by atoms with Gasteiger partial charge >= 0.3 is 0 Å². The molecule has 1 aliphatic heterocycles. The van der Waals surface area contributed by atoms with Crippen molar-refractivity contribution in [3.05, 3.63) is 101 Å². The molecule has 2 heterocycles. The number of unbranched alkanes of at least 4 members (excludes halogenated alkanes) is 2. The summed E-state index contributed by atoms with van der Waals surface area (Å²) in [6, 6.07) is 17.5. The van der Waals surface area contributed by atoms with Crippen molar-refractivity contribution in [1.82, 2.24) is 9.88 Å². The number of amides is 1. The second kappa shape index (κ2) is 11.0. The first-order chi connectivity index (χ1) is 17.0. The van der Waals surface area contributed by atoms with Crippen LogP contribution in [0.5, 0.6) is 5.75 Å². The molecule has 0 bridgehead atoms. The maximum atomic E-state index is 13.2. The smallest absolute Gasteiger partial charge is 0.295 e. The molecule has 6 nitrogen and oxygen atoms in total. The normalized spacial score (nSPS) is 17.1. The first-order valence-corrected chi connectivity index (χ1v) is 12.0. The fourth-order valence-corrected chi connectivity index (χ4v) is 4.26. The first-order valence-electron chi connectivity index (χ1n) is 12.0. The van der Waals surface area contributed by atoms with E-state index >= 15 is 0 Å². The van der Waals surface area contributed by atoms with Gasteiger partial charge in [0, 0.05) is 24.5 Å². The lowest BCUT2D eigenvalue weighted by molar-refractivity contribution is -0.140. The molecule has 0 radical (unpaired) electrons. The van der Waals surface area contributed by atoms with Crippen LogP contribution in [0.1, 0.15) is 54.5 Å². The molecule has 1 atom stereocenters. The van der Waals surface area contributed by atoms with E-state index in [-0.39, 0.29) is 17.9 Å². The van der Waals surface area contributed by atoms with Gasteiger partial charge in [-0.1, -0.05) is 61.7 Å². The number of likely N-dealkylation sites (tertiary alicyclic amines) is 1. The summed E-state index contributed by atoms with van der Waals surface area (Å²) < 4.78 is 5.93. The Kier molecular flexibility index (Phi) is 7.60. The number of aryl methyl sites for hydroxylation is 1. The number of ether oxygens (including phenoxy) is 1. The van der Waals surface area contributed by atoms with Crippen molar-refractivity contribution in [2.24, 2.45) is 0 Å². The molecule has 1 unspecified atom stereocenters. The number of carbonyl (C=O) groups excluding carboxylic acids is 2. The summed E-state index contributed by atoms with van der Waals surface area (Å²) in [5.74, 6) is -0.852. The van der Waals surface area contributed by atoms with Crippen LogP contribution in [0.4, 0.5) is 0 Å².